The second kappa shape index (κ2) is 6.33. The number of nitrogens with zero attached hydrogens (tertiary/aromatic N) is 4. The van der Waals surface area contributed by atoms with Crippen molar-refractivity contribution >= 4 is 5.69 Å². The van der Waals surface area contributed by atoms with E-state index in [-0.39, 0.29) is 6.42 Å². The van der Waals surface area contributed by atoms with Crippen LogP contribution in [0.1, 0.15) is 18.5 Å². The third kappa shape index (κ3) is 3.11. The number of likely N-dealkylation sites (tertiary alicyclic amines) is 1. The molecule has 4 rings (SSSR count). The Morgan fingerprint density at radius 1 is 1.00 bits per heavy atom. The van der Waals surface area contributed by atoms with Gasteiger partial charge in [-0.15, -0.1) is 0 Å². The molecular formula is C19H22F2N4. The van der Waals surface area contributed by atoms with Gasteiger partial charge in [0.1, 0.15) is 0 Å². The van der Waals surface area contributed by atoms with Gasteiger partial charge in [0.25, 0.3) is 5.92 Å². The molecular weight excluding hydrogens is 322 g/mol. The van der Waals surface area contributed by atoms with Crippen molar-refractivity contribution in [2.45, 2.75) is 25.3 Å². The van der Waals surface area contributed by atoms with E-state index in [0.29, 0.717) is 39.1 Å². The fourth-order valence-corrected chi connectivity index (χ4v) is 4.10. The smallest absolute Gasteiger partial charge is 0.257 e. The lowest BCUT2D eigenvalue weighted by atomic mass is 9.75. The largest absolute Gasteiger partial charge is 0.369 e. The Hall–Kier alpha value is -2.08. The Balaban J connectivity index is 1.52. The summed E-state index contributed by atoms with van der Waals surface area (Å²) in [6.07, 6.45) is 5.64. The number of piperidine rings is 1. The summed E-state index contributed by atoms with van der Waals surface area (Å²) in [7, 11) is 0. The van der Waals surface area contributed by atoms with Crippen LogP contribution in [0.15, 0.2) is 48.9 Å². The number of alkyl halides is 2. The first-order valence-electron chi connectivity index (χ1n) is 8.73. The molecule has 0 aliphatic carbocycles. The van der Waals surface area contributed by atoms with Crippen molar-refractivity contribution in [3.63, 3.8) is 0 Å². The van der Waals surface area contributed by atoms with E-state index in [1.807, 2.05) is 35.2 Å². The van der Waals surface area contributed by atoms with Gasteiger partial charge in [0.2, 0.25) is 0 Å². The van der Waals surface area contributed by atoms with Gasteiger partial charge in [-0.2, -0.15) is 0 Å². The monoisotopic (exact) mass is 344 g/mol. The molecule has 0 aromatic carbocycles. The van der Waals surface area contributed by atoms with E-state index in [0.717, 1.165) is 11.4 Å². The van der Waals surface area contributed by atoms with Crippen molar-refractivity contribution in [3.05, 3.63) is 54.6 Å². The lowest BCUT2D eigenvalue weighted by molar-refractivity contribution is -0.159. The van der Waals surface area contributed by atoms with Crippen LogP contribution in [0, 0.1) is 5.41 Å². The van der Waals surface area contributed by atoms with Crippen LogP contribution in [0.25, 0.3) is 0 Å². The van der Waals surface area contributed by atoms with Crippen LogP contribution in [0.5, 0.6) is 0 Å². The molecule has 1 atom stereocenters. The molecule has 0 N–H and O–H groups in total. The van der Waals surface area contributed by atoms with Crippen LogP contribution in [-0.2, 0) is 6.54 Å². The van der Waals surface area contributed by atoms with Crippen LogP contribution >= 0.6 is 0 Å². The van der Waals surface area contributed by atoms with E-state index in [2.05, 4.69) is 14.9 Å². The first kappa shape index (κ1) is 16.4. The molecule has 2 aliphatic heterocycles. The van der Waals surface area contributed by atoms with Crippen LogP contribution in [0.2, 0.25) is 0 Å². The van der Waals surface area contributed by atoms with E-state index in [9.17, 15) is 8.78 Å². The van der Waals surface area contributed by atoms with E-state index in [4.69, 9.17) is 0 Å². The number of hydrogen-bond acceptors (Lipinski definition) is 4. The maximum absolute atomic E-state index is 14.9. The highest BCUT2D eigenvalue weighted by molar-refractivity contribution is 5.45. The fourth-order valence-electron chi connectivity index (χ4n) is 4.10. The molecule has 0 bridgehead atoms. The summed E-state index contributed by atoms with van der Waals surface area (Å²) < 4.78 is 29.8. The number of anilines is 1. The lowest BCUT2D eigenvalue weighted by Gasteiger charge is -2.46. The topological polar surface area (TPSA) is 32.3 Å². The van der Waals surface area contributed by atoms with Crippen molar-refractivity contribution in [1.82, 2.24) is 14.9 Å². The van der Waals surface area contributed by atoms with Crippen LogP contribution in [-0.4, -0.2) is 47.0 Å². The molecule has 6 heteroatoms. The second-order valence-corrected chi connectivity index (χ2v) is 7.15. The molecule has 25 heavy (non-hydrogen) atoms. The van der Waals surface area contributed by atoms with Gasteiger partial charge in [-0.25, -0.2) is 8.78 Å². The van der Waals surface area contributed by atoms with Crippen LogP contribution in [0.4, 0.5) is 14.5 Å². The predicted octanol–water partition coefficient (Wildman–Crippen LogP) is 3.21. The third-order valence-corrected chi connectivity index (χ3v) is 5.52. The van der Waals surface area contributed by atoms with Gasteiger partial charge in [0, 0.05) is 51.5 Å². The van der Waals surface area contributed by atoms with E-state index >= 15 is 0 Å². The molecule has 2 aromatic heterocycles. The number of aromatic nitrogens is 2. The van der Waals surface area contributed by atoms with E-state index in [1.54, 1.807) is 18.6 Å². The quantitative estimate of drug-likeness (QED) is 0.856. The Morgan fingerprint density at radius 3 is 2.68 bits per heavy atom. The standard InChI is InChI=1S/C19H22F2N4/c20-19(21)7-10-24(13-16-4-1-2-9-23-16)14-18(19)6-11-25(15-18)17-5-3-8-22-12-17/h1-5,8-9,12H,6-7,10-11,13-15H2/t18-/m1/s1. The lowest BCUT2D eigenvalue weighted by Crippen LogP contribution is -2.56. The molecule has 132 valence electrons. The van der Waals surface area contributed by atoms with Gasteiger partial charge in [-0.05, 0) is 30.7 Å². The molecule has 4 nitrogen and oxygen atoms in total. The SMILES string of the molecule is FC1(F)CCN(Cc2ccccn2)C[C@@]12CCN(c1cccnc1)C2. The first-order chi connectivity index (χ1) is 12.1. The molecule has 0 amide bonds. The fraction of sp³-hybridized carbons (Fsp3) is 0.474. The van der Waals surface area contributed by atoms with Gasteiger partial charge in [-0.1, -0.05) is 6.07 Å². The van der Waals surface area contributed by atoms with Gasteiger partial charge in [-0.3, -0.25) is 14.9 Å². The minimum atomic E-state index is -2.63. The molecule has 2 saturated heterocycles. The van der Waals surface area contributed by atoms with Crippen molar-refractivity contribution in [2.24, 2.45) is 5.41 Å². The third-order valence-electron chi connectivity index (χ3n) is 5.52. The van der Waals surface area contributed by atoms with Gasteiger partial charge in [0.15, 0.2) is 0 Å². The molecule has 2 aliphatic rings. The van der Waals surface area contributed by atoms with Gasteiger partial charge < -0.3 is 4.90 Å². The highest BCUT2D eigenvalue weighted by Gasteiger charge is 2.59. The summed E-state index contributed by atoms with van der Waals surface area (Å²) in [5.74, 6) is -2.63. The van der Waals surface area contributed by atoms with Gasteiger partial charge >= 0.3 is 0 Å². The maximum Gasteiger partial charge on any atom is 0.257 e. The molecule has 2 fully saturated rings. The summed E-state index contributed by atoms with van der Waals surface area (Å²) in [4.78, 5) is 12.6. The molecule has 0 saturated carbocycles. The zero-order valence-electron chi connectivity index (χ0n) is 14.1. The van der Waals surface area contributed by atoms with E-state index < -0.39 is 11.3 Å². The highest BCUT2D eigenvalue weighted by atomic mass is 19.3. The minimum Gasteiger partial charge on any atom is -0.369 e. The van der Waals surface area contributed by atoms with Crippen molar-refractivity contribution in [2.75, 3.05) is 31.1 Å². The number of pyridine rings is 2. The zero-order chi connectivity index (χ0) is 17.3. The summed E-state index contributed by atoms with van der Waals surface area (Å²) in [5, 5.41) is 0. The molecule has 0 radical (unpaired) electrons. The summed E-state index contributed by atoms with van der Waals surface area (Å²) in [6.45, 7) is 2.49. The van der Waals surface area contributed by atoms with Crippen LogP contribution < -0.4 is 4.90 Å². The number of rotatable bonds is 3. The van der Waals surface area contributed by atoms with Crippen molar-refractivity contribution < 1.29 is 8.78 Å². The predicted molar refractivity (Wildman–Crippen MR) is 92.6 cm³/mol. The Morgan fingerprint density at radius 2 is 1.92 bits per heavy atom. The van der Waals surface area contributed by atoms with Crippen LogP contribution in [0.3, 0.4) is 0 Å². The molecule has 2 aromatic rings. The summed E-state index contributed by atoms with van der Waals surface area (Å²) in [5.41, 5.74) is 0.873. The maximum atomic E-state index is 14.9. The van der Waals surface area contributed by atoms with Crippen molar-refractivity contribution in [3.8, 4) is 0 Å². The minimum absolute atomic E-state index is 0.0826. The molecule has 0 unspecified atom stereocenters. The normalized spacial score (nSPS) is 26.2. The number of hydrogen-bond donors (Lipinski definition) is 0. The Bertz CT molecular complexity index is 710. The highest BCUT2D eigenvalue weighted by Crippen LogP contribution is 2.50. The first-order valence-corrected chi connectivity index (χ1v) is 8.73. The summed E-state index contributed by atoms with van der Waals surface area (Å²) in [6, 6.07) is 9.57. The second-order valence-electron chi connectivity index (χ2n) is 7.15. The number of halogens is 2. The zero-order valence-corrected chi connectivity index (χ0v) is 14.1. The average molecular weight is 344 g/mol. The average Bonchev–Trinajstić information content (AvgIpc) is 3.06. The molecule has 1 spiro atoms. The van der Waals surface area contributed by atoms with Gasteiger partial charge in [0.05, 0.1) is 23.0 Å². The Labute approximate surface area is 146 Å². The van der Waals surface area contributed by atoms with Crippen molar-refractivity contribution in [1.29, 1.82) is 0 Å². The Kier molecular flexibility index (Phi) is 4.15. The van der Waals surface area contributed by atoms with E-state index in [1.165, 1.54) is 0 Å². The molecule has 4 heterocycles. The summed E-state index contributed by atoms with van der Waals surface area (Å²) >= 11 is 0.